The average molecular weight is 500 g/mol. The smallest absolute Gasteiger partial charge is 0.229 e. The van der Waals surface area contributed by atoms with E-state index in [4.69, 9.17) is 19.4 Å². The SMILES string of the molecule is O=C1CCCN1CCn1cnc2c(Nc3ccc(Oc4ccccc4)cc3)nc(N3CCOCC3)nc21. The van der Waals surface area contributed by atoms with Gasteiger partial charge in [0.2, 0.25) is 11.9 Å². The molecule has 0 aliphatic carbocycles. The van der Waals surface area contributed by atoms with E-state index >= 15 is 0 Å². The molecule has 0 atom stereocenters. The summed E-state index contributed by atoms with van der Waals surface area (Å²) in [5.41, 5.74) is 2.30. The van der Waals surface area contributed by atoms with Crippen LogP contribution in [0.1, 0.15) is 12.8 Å². The van der Waals surface area contributed by atoms with E-state index in [9.17, 15) is 4.79 Å². The number of imidazole rings is 1. The Hall–Kier alpha value is -4.18. The van der Waals surface area contributed by atoms with Gasteiger partial charge in [-0.15, -0.1) is 0 Å². The Labute approximate surface area is 214 Å². The number of carbonyl (C=O) groups is 1. The molecule has 6 rings (SSSR count). The summed E-state index contributed by atoms with van der Waals surface area (Å²) < 4.78 is 13.4. The zero-order valence-electron chi connectivity index (χ0n) is 20.5. The maximum Gasteiger partial charge on any atom is 0.229 e. The molecule has 190 valence electrons. The van der Waals surface area contributed by atoms with Crippen LogP contribution in [0.15, 0.2) is 60.9 Å². The topological polar surface area (TPSA) is 97.6 Å². The number of nitrogens with one attached hydrogen (secondary N) is 1. The van der Waals surface area contributed by atoms with E-state index in [1.165, 1.54) is 0 Å². The molecular formula is C27H29N7O3. The standard InChI is InChI=1S/C27H29N7O3/c35-23-7-4-12-32(23)13-14-34-19-28-24-25(30-27(31-26(24)34)33-15-17-36-18-16-33)29-20-8-10-22(11-9-20)37-21-5-2-1-3-6-21/h1-3,5-6,8-11,19H,4,7,12-18H2,(H,29,30,31). The van der Waals surface area contributed by atoms with Crippen molar-refractivity contribution in [3.63, 3.8) is 0 Å². The number of para-hydroxylation sites is 1. The molecule has 4 heterocycles. The third kappa shape index (κ3) is 5.19. The molecule has 0 saturated carbocycles. The van der Waals surface area contributed by atoms with Gasteiger partial charge in [0.1, 0.15) is 11.5 Å². The van der Waals surface area contributed by atoms with Crippen LogP contribution in [0.2, 0.25) is 0 Å². The van der Waals surface area contributed by atoms with Crippen LogP contribution < -0.4 is 15.0 Å². The zero-order valence-corrected chi connectivity index (χ0v) is 20.5. The Morgan fingerprint density at radius 1 is 0.919 bits per heavy atom. The summed E-state index contributed by atoms with van der Waals surface area (Å²) in [4.78, 5) is 30.5. The number of ether oxygens (including phenoxy) is 2. The van der Waals surface area contributed by atoms with Gasteiger partial charge in [-0.1, -0.05) is 18.2 Å². The fourth-order valence-electron chi connectivity index (χ4n) is 4.62. The monoisotopic (exact) mass is 499 g/mol. The summed E-state index contributed by atoms with van der Waals surface area (Å²) in [6.45, 7) is 4.84. The molecule has 0 radical (unpaired) electrons. The number of aromatic nitrogens is 4. The lowest BCUT2D eigenvalue weighted by molar-refractivity contribution is -0.127. The first-order valence-electron chi connectivity index (χ1n) is 12.7. The number of benzene rings is 2. The highest BCUT2D eigenvalue weighted by Gasteiger charge is 2.22. The van der Waals surface area contributed by atoms with Crippen molar-refractivity contribution in [2.45, 2.75) is 19.4 Å². The van der Waals surface area contributed by atoms with Crippen LogP contribution >= 0.6 is 0 Å². The van der Waals surface area contributed by atoms with Gasteiger partial charge in [-0.3, -0.25) is 4.79 Å². The van der Waals surface area contributed by atoms with Crippen molar-refractivity contribution < 1.29 is 14.3 Å². The van der Waals surface area contributed by atoms with Gasteiger partial charge < -0.3 is 29.2 Å². The zero-order chi connectivity index (χ0) is 25.0. The van der Waals surface area contributed by atoms with Crippen molar-refractivity contribution in [1.82, 2.24) is 24.4 Å². The minimum atomic E-state index is 0.218. The van der Waals surface area contributed by atoms with Crippen molar-refractivity contribution in [2.75, 3.05) is 49.6 Å². The molecule has 0 spiro atoms. The highest BCUT2D eigenvalue weighted by Crippen LogP contribution is 2.28. The van der Waals surface area contributed by atoms with E-state index in [0.29, 0.717) is 50.0 Å². The number of nitrogens with zero attached hydrogens (tertiary/aromatic N) is 6. The summed E-state index contributed by atoms with van der Waals surface area (Å²) in [7, 11) is 0. The van der Waals surface area contributed by atoms with Gasteiger partial charge in [-0.25, -0.2) is 4.98 Å². The molecule has 1 amide bonds. The van der Waals surface area contributed by atoms with E-state index in [-0.39, 0.29) is 5.91 Å². The molecule has 37 heavy (non-hydrogen) atoms. The molecule has 4 aromatic rings. The largest absolute Gasteiger partial charge is 0.457 e. The van der Waals surface area contributed by atoms with Crippen molar-refractivity contribution in [3.05, 3.63) is 60.9 Å². The summed E-state index contributed by atoms with van der Waals surface area (Å²) >= 11 is 0. The number of hydrogen-bond donors (Lipinski definition) is 1. The highest BCUT2D eigenvalue weighted by atomic mass is 16.5. The van der Waals surface area contributed by atoms with Gasteiger partial charge in [-0.2, -0.15) is 9.97 Å². The predicted molar refractivity (Wildman–Crippen MR) is 140 cm³/mol. The minimum absolute atomic E-state index is 0.218. The molecule has 0 bridgehead atoms. The number of rotatable bonds is 8. The Kier molecular flexibility index (Phi) is 6.55. The molecule has 2 aliphatic heterocycles. The van der Waals surface area contributed by atoms with Crippen LogP contribution in [0, 0.1) is 0 Å². The first kappa shape index (κ1) is 23.2. The average Bonchev–Trinajstić information content (AvgIpc) is 3.55. The van der Waals surface area contributed by atoms with Gasteiger partial charge in [0, 0.05) is 44.8 Å². The summed E-state index contributed by atoms with van der Waals surface area (Å²) in [6.07, 6.45) is 3.35. The van der Waals surface area contributed by atoms with Gasteiger partial charge >= 0.3 is 0 Å². The van der Waals surface area contributed by atoms with E-state index in [0.717, 1.165) is 48.9 Å². The van der Waals surface area contributed by atoms with Crippen molar-refractivity contribution in [3.8, 4) is 11.5 Å². The van der Waals surface area contributed by atoms with Gasteiger partial charge in [-0.05, 0) is 42.8 Å². The summed E-state index contributed by atoms with van der Waals surface area (Å²) in [5, 5.41) is 3.43. The summed E-state index contributed by atoms with van der Waals surface area (Å²) in [6, 6.07) is 17.4. The maximum absolute atomic E-state index is 12.1. The lowest BCUT2D eigenvalue weighted by Crippen LogP contribution is -2.37. The van der Waals surface area contributed by atoms with Crippen LogP contribution in [-0.2, 0) is 16.1 Å². The minimum Gasteiger partial charge on any atom is -0.457 e. The maximum atomic E-state index is 12.1. The third-order valence-electron chi connectivity index (χ3n) is 6.62. The molecular weight excluding hydrogens is 470 g/mol. The third-order valence-corrected chi connectivity index (χ3v) is 6.62. The number of carbonyl (C=O) groups excluding carboxylic acids is 1. The second-order valence-electron chi connectivity index (χ2n) is 9.13. The Balaban J connectivity index is 1.27. The lowest BCUT2D eigenvalue weighted by Gasteiger charge is -2.27. The van der Waals surface area contributed by atoms with Gasteiger partial charge in [0.05, 0.1) is 19.5 Å². The van der Waals surface area contributed by atoms with E-state index in [1.54, 1.807) is 6.33 Å². The molecule has 0 unspecified atom stereocenters. The number of morpholine rings is 1. The Morgan fingerprint density at radius 3 is 2.46 bits per heavy atom. The first-order chi connectivity index (χ1) is 18.2. The van der Waals surface area contributed by atoms with E-state index in [2.05, 4.69) is 15.2 Å². The number of anilines is 3. The number of amides is 1. The normalized spacial score (nSPS) is 15.9. The van der Waals surface area contributed by atoms with Crippen LogP contribution in [0.5, 0.6) is 11.5 Å². The second-order valence-corrected chi connectivity index (χ2v) is 9.13. The Bertz CT molecular complexity index is 1370. The molecule has 2 saturated heterocycles. The Morgan fingerprint density at radius 2 is 1.70 bits per heavy atom. The molecule has 2 aliphatic rings. The first-order valence-corrected chi connectivity index (χ1v) is 12.7. The number of likely N-dealkylation sites (tertiary alicyclic amines) is 1. The van der Waals surface area contributed by atoms with Crippen molar-refractivity contribution in [1.29, 1.82) is 0 Å². The molecule has 10 heteroatoms. The van der Waals surface area contributed by atoms with E-state index < -0.39 is 0 Å². The highest BCUT2D eigenvalue weighted by molar-refractivity contribution is 5.86. The van der Waals surface area contributed by atoms with Crippen LogP contribution in [-0.4, -0.2) is 69.7 Å². The lowest BCUT2D eigenvalue weighted by atomic mass is 10.3. The predicted octanol–water partition coefficient (Wildman–Crippen LogP) is 3.82. The van der Waals surface area contributed by atoms with Crippen LogP contribution in [0.25, 0.3) is 11.2 Å². The molecule has 2 aromatic heterocycles. The fourth-order valence-corrected chi connectivity index (χ4v) is 4.62. The number of hydrogen-bond acceptors (Lipinski definition) is 8. The van der Waals surface area contributed by atoms with Gasteiger partial charge in [0.25, 0.3) is 0 Å². The fraction of sp³-hybridized carbons (Fsp3) is 0.333. The quantitative estimate of drug-likeness (QED) is 0.391. The van der Waals surface area contributed by atoms with E-state index in [1.807, 2.05) is 64.1 Å². The molecule has 10 nitrogen and oxygen atoms in total. The molecule has 1 N–H and O–H groups in total. The summed E-state index contributed by atoms with van der Waals surface area (Å²) in [5.74, 6) is 3.03. The van der Waals surface area contributed by atoms with Crippen LogP contribution in [0.4, 0.5) is 17.5 Å². The van der Waals surface area contributed by atoms with Crippen molar-refractivity contribution >= 4 is 34.5 Å². The molecule has 2 aromatic carbocycles. The number of fused-ring (bicyclic) bond motifs is 1. The van der Waals surface area contributed by atoms with Crippen molar-refractivity contribution in [2.24, 2.45) is 0 Å². The van der Waals surface area contributed by atoms with Gasteiger partial charge in [0.15, 0.2) is 17.0 Å². The van der Waals surface area contributed by atoms with Crippen LogP contribution in [0.3, 0.4) is 0 Å². The second kappa shape index (κ2) is 10.4. The molecule has 2 fully saturated rings.